The van der Waals surface area contributed by atoms with Crippen LogP contribution in [0.4, 0.5) is 0 Å². The summed E-state index contributed by atoms with van der Waals surface area (Å²) in [6, 6.07) is 10.2. The Bertz CT molecular complexity index is 524. The van der Waals surface area contributed by atoms with Crippen molar-refractivity contribution in [1.82, 2.24) is 0 Å². The normalized spacial score (nSPS) is 35.4. The van der Waals surface area contributed by atoms with E-state index in [0.717, 1.165) is 24.0 Å². The van der Waals surface area contributed by atoms with Crippen molar-refractivity contribution in [3.63, 3.8) is 0 Å². The summed E-state index contributed by atoms with van der Waals surface area (Å²) in [5.41, 5.74) is 2.37. The first kappa shape index (κ1) is 11.7. The Morgan fingerprint density at radius 1 is 1.17 bits per heavy atom. The largest absolute Gasteiger partial charge is 0.294 e. The SMILES string of the molecule is CC1(C)[C@H]2CC[C@]1(C)/C(=C/c1ccccc1)C2=O. The molecule has 18 heavy (non-hydrogen) atoms. The van der Waals surface area contributed by atoms with E-state index in [1.54, 1.807) is 0 Å². The zero-order valence-electron chi connectivity index (χ0n) is 11.4. The van der Waals surface area contributed by atoms with Crippen LogP contribution < -0.4 is 0 Å². The molecule has 3 rings (SSSR count). The van der Waals surface area contributed by atoms with Crippen molar-refractivity contribution in [3.8, 4) is 0 Å². The van der Waals surface area contributed by atoms with Crippen LogP contribution in [0.1, 0.15) is 39.2 Å². The van der Waals surface area contributed by atoms with Gasteiger partial charge in [-0.1, -0.05) is 51.1 Å². The lowest BCUT2D eigenvalue weighted by atomic mass is 9.69. The van der Waals surface area contributed by atoms with E-state index >= 15 is 0 Å². The summed E-state index contributed by atoms with van der Waals surface area (Å²) in [6.45, 7) is 6.79. The third-order valence-electron chi connectivity index (χ3n) is 5.51. The van der Waals surface area contributed by atoms with Gasteiger partial charge in [-0.25, -0.2) is 0 Å². The fourth-order valence-corrected chi connectivity index (χ4v) is 3.85. The number of benzene rings is 1. The lowest BCUT2D eigenvalue weighted by Crippen LogP contribution is -2.27. The van der Waals surface area contributed by atoms with E-state index < -0.39 is 0 Å². The van der Waals surface area contributed by atoms with Gasteiger partial charge in [0, 0.05) is 16.9 Å². The van der Waals surface area contributed by atoms with Gasteiger partial charge in [-0.3, -0.25) is 4.79 Å². The van der Waals surface area contributed by atoms with Gasteiger partial charge in [0.25, 0.3) is 0 Å². The van der Waals surface area contributed by atoms with Gasteiger partial charge < -0.3 is 0 Å². The van der Waals surface area contributed by atoms with Crippen molar-refractivity contribution >= 4 is 11.9 Å². The standard InChI is InChI=1S/C17H20O/c1-16(2)13-9-10-17(16,3)14(15(13)18)11-12-7-5-4-6-8-12/h4-8,11,13H,9-10H2,1-3H3/b14-11+/t13-,17+/m0/s1. The number of allylic oxidation sites excluding steroid dienone is 1. The fourth-order valence-electron chi connectivity index (χ4n) is 3.85. The maximum Gasteiger partial charge on any atom is 0.163 e. The molecule has 2 fully saturated rings. The van der Waals surface area contributed by atoms with Crippen LogP contribution in [0.15, 0.2) is 35.9 Å². The van der Waals surface area contributed by atoms with Crippen LogP contribution in [-0.2, 0) is 4.79 Å². The summed E-state index contributed by atoms with van der Waals surface area (Å²) in [5, 5.41) is 0. The molecule has 0 amide bonds. The van der Waals surface area contributed by atoms with Crippen molar-refractivity contribution in [2.24, 2.45) is 16.7 Å². The number of hydrogen-bond donors (Lipinski definition) is 0. The summed E-state index contributed by atoms with van der Waals surface area (Å²) >= 11 is 0. The molecular weight excluding hydrogens is 220 g/mol. The number of rotatable bonds is 1. The molecule has 0 spiro atoms. The zero-order valence-corrected chi connectivity index (χ0v) is 11.4. The van der Waals surface area contributed by atoms with Crippen LogP contribution in [0.25, 0.3) is 6.08 Å². The highest BCUT2D eigenvalue weighted by atomic mass is 16.1. The van der Waals surface area contributed by atoms with Crippen LogP contribution in [-0.4, -0.2) is 5.78 Å². The molecular formula is C17H20O. The van der Waals surface area contributed by atoms with Crippen molar-refractivity contribution in [2.75, 3.05) is 0 Å². The number of ketones is 1. The topological polar surface area (TPSA) is 17.1 Å². The Kier molecular flexibility index (Phi) is 2.32. The lowest BCUT2D eigenvalue weighted by Gasteiger charge is -2.34. The van der Waals surface area contributed by atoms with Gasteiger partial charge >= 0.3 is 0 Å². The second kappa shape index (κ2) is 3.57. The van der Waals surface area contributed by atoms with E-state index in [0.29, 0.717) is 5.78 Å². The molecule has 2 saturated carbocycles. The molecule has 0 N–H and O–H groups in total. The van der Waals surface area contributed by atoms with Gasteiger partial charge in [0.15, 0.2) is 5.78 Å². The van der Waals surface area contributed by atoms with Gasteiger partial charge in [-0.2, -0.15) is 0 Å². The summed E-state index contributed by atoms with van der Waals surface area (Å²) in [5.74, 6) is 0.620. The van der Waals surface area contributed by atoms with E-state index in [9.17, 15) is 4.79 Å². The molecule has 94 valence electrons. The number of hydrogen-bond acceptors (Lipinski definition) is 1. The van der Waals surface area contributed by atoms with Crippen molar-refractivity contribution < 1.29 is 4.79 Å². The first-order valence-corrected chi connectivity index (χ1v) is 6.78. The molecule has 2 aliphatic carbocycles. The predicted molar refractivity (Wildman–Crippen MR) is 74.0 cm³/mol. The van der Waals surface area contributed by atoms with Gasteiger partial charge in [0.2, 0.25) is 0 Å². The molecule has 2 aliphatic rings. The van der Waals surface area contributed by atoms with E-state index in [-0.39, 0.29) is 16.7 Å². The average Bonchev–Trinajstić information content (AvgIpc) is 2.65. The highest BCUT2D eigenvalue weighted by Crippen LogP contribution is 2.66. The summed E-state index contributed by atoms with van der Waals surface area (Å²) < 4.78 is 0. The van der Waals surface area contributed by atoms with Crippen molar-refractivity contribution in [2.45, 2.75) is 33.6 Å². The molecule has 1 heteroatoms. The number of Topliss-reactive ketones (excluding diaryl/α,β-unsaturated/α-hetero) is 1. The molecule has 0 saturated heterocycles. The average molecular weight is 240 g/mol. The molecule has 0 unspecified atom stereocenters. The molecule has 1 nitrogen and oxygen atoms in total. The molecule has 0 aromatic heterocycles. The molecule has 0 radical (unpaired) electrons. The van der Waals surface area contributed by atoms with E-state index in [2.05, 4.69) is 39.0 Å². The fraction of sp³-hybridized carbons (Fsp3) is 0.471. The van der Waals surface area contributed by atoms with Crippen LogP contribution >= 0.6 is 0 Å². The quantitative estimate of drug-likeness (QED) is 0.675. The summed E-state index contributed by atoms with van der Waals surface area (Å²) in [6.07, 6.45) is 4.33. The smallest absolute Gasteiger partial charge is 0.163 e. The minimum atomic E-state index is 0.0601. The van der Waals surface area contributed by atoms with Gasteiger partial charge in [-0.05, 0) is 29.9 Å². The Hall–Kier alpha value is -1.37. The molecule has 2 bridgehead atoms. The minimum Gasteiger partial charge on any atom is -0.294 e. The monoisotopic (exact) mass is 240 g/mol. The Morgan fingerprint density at radius 3 is 2.39 bits per heavy atom. The summed E-state index contributed by atoms with van der Waals surface area (Å²) in [4.78, 5) is 12.5. The lowest BCUT2D eigenvalue weighted by molar-refractivity contribution is -0.119. The second-order valence-electron chi connectivity index (χ2n) is 6.48. The zero-order chi connectivity index (χ0) is 13.0. The Labute approximate surface area is 109 Å². The van der Waals surface area contributed by atoms with Gasteiger partial charge in [-0.15, -0.1) is 0 Å². The molecule has 2 atom stereocenters. The van der Waals surface area contributed by atoms with Crippen LogP contribution in [0, 0.1) is 16.7 Å². The maximum absolute atomic E-state index is 12.5. The summed E-state index contributed by atoms with van der Waals surface area (Å²) in [7, 11) is 0. The minimum absolute atomic E-state index is 0.0601. The van der Waals surface area contributed by atoms with E-state index in [1.807, 2.05) is 18.2 Å². The third-order valence-corrected chi connectivity index (χ3v) is 5.51. The highest BCUT2D eigenvalue weighted by Gasteiger charge is 2.63. The van der Waals surface area contributed by atoms with E-state index in [1.165, 1.54) is 0 Å². The first-order valence-electron chi connectivity index (χ1n) is 6.78. The van der Waals surface area contributed by atoms with Crippen LogP contribution in [0.2, 0.25) is 0 Å². The number of carbonyl (C=O) groups excluding carboxylic acids is 1. The number of carbonyl (C=O) groups is 1. The Balaban J connectivity index is 2.10. The third kappa shape index (κ3) is 1.31. The molecule has 0 aliphatic heterocycles. The maximum atomic E-state index is 12.5. The van der Waals surface area contributed by atoms with Crippen molar-refractivity contribution in [1.29, 1.82) is 0 Å². The number of fused-ring (bicyclic) bond motifs is 2. The van der Waals surface area contributed by atoms with Crippen molar-refractivity contribution in [3.05, 3.63) is 41.5 Å². The molecule has 1 aromatic rings. The Morgan fingerprint density at radius 2 is 1.83 bits per heavy atom. The van der Waals surface area contributed by atoms with Crippen LogP contribution in [0.5, 0.6) is 0 Å². The van der Waals surface area contributed by atoms with Crippen LogP contribution in [0.3, 0.4) is 0 Å². The van der Waals surface area contributed by atoms with Gasteiger partial charge in [0.1, 0.15) is 0 Å². The van der Waals surface area contributed by atoms with Gasteiger partial charge in [0.05, 0.1) is 0 Å². The molecule has 1 aromatic carbocycles. The molecule has 0 heterocycles. The van der Waals surface area contributed by atoms with E-state index in [4.69, 9.17) is 0 Å². The second-order valence-corrected chi connectivity index (χ2v) is 6.48. The first-order chi connectivity index (χ1) is 8.47. The predicted octanol–water partition coefficient (Wildman–Crippen LogP) is 4.10. The highest BCUT2D eigenvalue weighted by molar-refractivity contribution is 6.06.